The molecule has 0 unspecified atom stereocenters. The van der Waals surface area contributed by atoms with E-state index in [0.29, 0.717) is 0 Å². The Morgan fingerprint density at radius 3 is 2.07 bits per heavy atom. The molecule has 0 spiro atoms. The zero-order chi connectivity index (χ0) is 11.5. The topological polar surface area (TPSA) is 12.0 Å². The summed E-state index contributed by atoms with van der Waals surface area (Å²) in [6, 6.07) is 7.28. The SMILES string of the molecule is C[C@H](N[C@@H](C)C(F)(F)F)c1ccccc1. The molecular formula is C11H14F3N. The van der Waals surface area contributed by atoms with Crippen molar-refractivity contribution in [2.45, 2.75) is 32.1 Å². The van der Waals surface area contributed by atoms with Crippen molar-refractivity contribution in [3.63, 3.8) is 0 Å². The monoisotopic (exact) mass is 217 g/mol. The Hall–Kier alpha value is -1.03. The number of hydrogen-bond donors (Lipinski definition) is 1. The van der Waals surface area contributed by atoms with Gasteiger partial charge in [-0.15, -0.1) is 0 Å². The maximum absolute atomic E-state index is 12.3. The lowest BCUT2D eigenvalue weighted by Crippen LogP contribution is -2.40. The van der Waals surface area contributed by atoms with E-state index in [-0.39, 0.29) is 6.04 Å². The molecule has 1 nitrogen and oxygen atoms in total. The third-order valence-corrected chi connectivity index (χ3v) is 2.29. The summed E-state index contributed by atoms with van der Waals surface area (Å²) in [6.45, 7) is 2.84. The van der Waals surface area contributed by atoms with Gasteiger partial charge in [0.1, 0.15) is 6.04 Å². The van der Waals surface area contributed by atoms with Crippen LogP contribution < -0.4 is 5.32 Å². The average molecular weight is 217 g/mol. The standard InChI is InChI=1S/C11H14F3N/c1-8(10-6-4-3-5-7-10)15-9(2)11(12,13)14/h3-9,15H,1-2H3/t8-,9-/m0/s1. The van der Waals surface area contributed by atoms with Gasteiger partial charge in [0.2, 0.25) is 0 Å². The molecule has 0 aliphatic carbocycles. The van der Waals surface area contributed by atoms with Gasteiger partial charge in [0.15, 0.2) is 0 Å². The molecule has 0 fully saturated rings. The summed E-state index contributed by atoms with van der Waals surface area (Å²) in [4.78, 5) is 0. The Labute approximate surface area is 87.3 Å². The fraction of sp³-hybridized carbons (Fsp3) is 0.455. The molecule has 1 rings (SSSR count). The van der Waals surface area contributed by atoms with Crippen LogP contribution in [-0.2, 0) is 0 Å². The fourth-order valence-electron chi connectivity index (χ4n) is 1.31. The predicted octanol–water partition coefficient (Wildman–Crippen LogP) is 3.29. The lowest BCUT2D eigenvalue weighted by atomic mass is 10.1. The van der Waals surface area contributed by atoms with Gasteiger partial charge in [-0.05, 0) is 19.4 Å². The third kappa shape index (κ3) is 3.55. The van der Waals surface area contributed by atoms with Crippen LogP contribution >= 0.6 is 0 Å². The van der Waals surface area contributed by atoms with Crippen molar-refractivity contribution >= 4 is 0 Å². The minimum absolute atomic E-state index is 0.303. The van der Waals surface area contributed by atoms with Crippen LogP contribution in [0, 0.1) is 0 Å². The summed E-state index contributed by atoms with van der Waals surface area (Å²) in [6.07, 6.45) is -4.19. The first-order chi connectivity index (χ1) is 6.91. The smallest absolute Gasteiger partial charge is 0.300 e. The molecule has 0 saturated heterocycles. The minimum atomic E-state index is -4.19. The van der Waals surface area contributed by atoms with E-state index in [2.05, 4.69) is 5.32 Å². The lowest BCUT2D eigenvalue weighted by Gasteiger charge is -2.22. The van der Waals surface area contributed by atoms with Crippen LogP contribution in [0.5, 0.6) is 0 Å². The molecule has 0 radical (unpaired) electrons. The normalized spacial score (nSPS) is 16.1. The molecule has 1 aromatic carbocycles. The van der Waals surface area contributed by atoms with Crippen LogP contribution in [0.3, 0.4) is 0 Å². The van der Waals surface area contributed by atoms with Crippen LogP contribution in [0.15, 0.2) is 30.3 Å². The van der Waals surface area contributed by atoms with Crippen molar-refractivity contribution in [3.8, 4) is 0 Å². The molecule has 15 heavy (non-hydrogen) atoms. The van der Waals surface area contributed by atoms with Gasteiger partial charge < -0.3 is 0 Å². The van der Waals surface area contributed by atoms with E-state index < -0.39 is 12.2 Å². The first-order valence-electron chi connectivity index (χ1n) is 4.79. The Kier molecular flexibility index (Phi) is 3.74. The molecule has 0 heterocycles. The summed E-state index contributed by atoms with van der Waals surface area (Å²) < 4.78 is 36.8. The van der Waals surface area contributed by atoms with E-state index in [0.717, 1.165) is 12.5 Å². The molecule has 0 amide bonds. The maximum atomic E-state index is 12.3. The molecule has 2 atom stereocenters. The average Bonchev–Trinajstić information content (AvgIpc) is 2.17. The van der Waals surface area contributed by atoms with E-state index in [1.54, 1.807) is 19.1 Å². The Morgan fingerprint density at radius 2 is 1.60 bits per heavy atom. The third-order valence-electron chi connectivity index (χ3n) is 2.29. The second-order valence-corrected chi connectivity index (χ2v) is 3.56. The summed E-state index contributed by atoms with van der Waals surface area (Å²) in [5, 5.41) is 2.51. The van der Waals surface area contributed by atoms with E-state index >= 15 is 0 Å². The van der Waals surface area contributed by atoms with Gasteiger partial charge in [-0.25, -0.2) is 0 Å². The first kappa shape index (κ1) is 12.0. The Balaban J connectivity index is 2.61. The van der Waals surface area contributed by atoms with E-state index in [4.69, 9.17) is 0 Å². The molecule has 0 aromatic heterocycles. The van der Waals surface area contributed by atoms with Crippen LogP contribution in [0.1, 0.15) is 25.5 Å². The molecule has 4 heteroatoms. The number of rotatable bonds is 3. The molecule has 84 valence electrons. The van der Waals surface area contributed by atoms with Crippen molar-refractivity contribution in [1.82, 2.24) is 5.32 Å². The van der Waals surface area contributed by atoms with E-state index in [9.17, 15) is 13.2 Å². The van der Waals surface area contributed by atoms with Crippen molar-refractivity contribution in [2.75, 3.05) is 0 Å². The first-order valence-corrected chi connectivity index (χ1v) is 4.79. The highest BCUT2D eigenvalue weighted by molar-refractivity contribution is 5.18. The van der Waals surface area contributed by atoms with Gasteiger partial charge in [0.05, 0.1) is 0 Å². The van der Waals surface area contributed by atoms with Crippen LogP contribution in [0.4, 0.5) is 13.2 Å². The van der Waals surface area contributed by atoms with E-state index in [1.165, 1.54) is 0 Å². The zero-order valence-corrected chi connectivity index (χ0v) is 8.68. The summed E-state index contributed by atoms with van der Waals surface area (Å²) in [5.74, 6) is 0. The molecule has 0 aliphatic heterocycles. The molecule has 1 N–H and O–H groups in total. The maximum Gasteiger partial charge on any atom is 0.403 e. The highest BCUT2D eigenvalue weighted by atomic mass is 19.4. The van der Waals surface area contributed by atoms with Gasteiger partial charge >= 0.3 is 6.18 Å². The summed E-state index contributed by atoms with van der Waals surface area (Å²) >= 11 is 0. The van der Waals surface area contributed by atoms with Crippen molar-refractivity contribution in [3.05, 3.63) is 35.9 Å². The van der Waals surface area contributed by atoms with Crippen LogP contribution in [0.25, 0.3) is 0 Å². The molecule has 1 aromatic rings. The number of nitrogens with one attached hydrogen (secondary N) is 1. The Bertz CT molecular complexity index is 294. The number of halogens is 3. The summed E-state index contributed by atoms with van der Waals surface area (Å²) in [5.41, 5.74) is 0.855. The van der Waals surface area contributed by atoms with Gasteiger partial charge in [-0.1, -0.05) is 30.3 Å². The molecule has 0 aliphatic rings. The lowest BCUT2D eigenvalue weighted by molar-refractivity contribution is -0.153. The Morgan fingerprint density at radius 1 is 1.07 bits per heavy atom. The highest BCUT2D eigenvalue weighted by Crippen LogP contribution is 2.22. The molecule has 0 bridgehead atoms. The molecular weight excluding hydrogens is 203 g/mol. The van der Waals surface area contributed by atoms with Crippen LogP contribution in [0.2, 0.25) is 0 Å². The largest absolute Gasteiger partial charge is 0.403 e. The fourth-order valence-corrected chi connectivity index (χ4v) is 1.31. The number of benzene rings is 1. The van der Waals surface area contributed by atoms with Crippen molar-refractivity contribution in [1.29, 1.82) is 0 Å². The quantitative estimate of drug-likeness (QED) is 0.819. The van der Waals surface area contributed by atoms with Gasteiger partial charge in [-0.3, -0.25) is 5.32 Å². The number of alkyl halides is 3. The van der Waals surface area contributed by atoms with Crippen molar-refractivity contribution < 1.29 is 13.2 Å². The zero-order valence-electron chi connectivity index (χ0n) is 8.68. The van der Waals surface area contributed by atoms with Gasteiger partial charge in [-0.2, -0.15) is 13.2 Å². The van der Waals surface area contributed by atoms with Crippen LogP contribution in [-0.4, -0.2) is 12.2 Å². The van der Waals surface area contributed by atoms with E-state index in [1.807, 2.05) is 18.2 Å². The van der Waals surface area contributed by atoms with Crippen molar-refractivity contribution in [2.24, 2.45) is 0 Å². The predicted molar refractivity (Wildman–Crippen MR) is 53.5 cm³/mol. The number of hydrogen-bond acceptors (Lipinski definition) is 1. The minimum Gasteiger partial charge on any atom is -0.300 e. The van der Waals surface area contributed by atoms with Gasteiger partial charge in [0, 0.05) is 6.04 Å². The molecule has 0 saturated carbocycles. The second kappa shape index (κ2) is 4.66. The highest BCUT2D eigenvalue weighted by Gasteiger charge is 2.36. The van der Waals surface area contributed by atoms with Gasteiger partial charge in [0.25, 0.3) is 0 Å². The second-order valence-electron chi connectivity index (χ2n) is 3.56. The summed E-state index contributed by atoms with van der Waals surface area (Å²) in [7, 11) is 0.